The highest BCUT2D eigenvalue weighted by atomic mass is 79.9. The highest BCUT2D eigenvalue weighted by Crippen LogP contribution is 2.25. The van der Waals surface area contributed by atoms with Crippen LogP contribution >= 0.6 is 15.9 Å². The van der Waals surface area contributed by atoms with E-state index in [1.165, 1.54) is 0 Å². The normalized spacial score (nSPS) is 10.6. The Morgan fingerprint density at radius 1 is 1.46 bits per heavy atom. The van der Waals surface area contributed by atoms with Gasteiger partial charge in [0.05, 0.1) is 5.69 Å². The second-order valence-electron chi connectivity index (χ2n) is 2.62. The summed E-state index contributed by atoms with van der Waals surface area (Å²) in [6, 6.07) is 3.82. The molecule has 1 heterocycles. The van der Waals surface area contributed by atoms with E-state index in [1.807, 2.05) is 19.1 Å². The Kier molecular flexibility index (Phi) is 2.18. The fraction of sp³-hybridized carbons (Fsp3) is 0.250. The third kappa shape index (κ3) is 1.51. The number of halogens is 1. The van der Waals surface area contributed by atoms with E-state index in [0.717, 1.165) is 27.7 Å². The summed E-state index contributed by atoms with van der Waals surface area (Å²) in [4.78, 5) is 0. The smallest absolute Gasteiger partial charge is 0.158 e. The Balaban J connectivity index is 2.63. The number of nitrogens with one attached hydrogen (secondary N) is 1. The molecule has 0 atom stereocenters. The van der Waals surface area contributed by atoms with Gasteiger partial charge in [-0.05, 0) is 29.4 Å². The molecule has 0 radical (unpaired) electrons. The Bertz CT molecular complexity index is 426. The fourth-order valence-electron chi connectivity index (χ4n) is 1.18. The van der Waals surface area contributed by atoms with Crippen LogP contribution in [0.1, 0.15) is 6.92 Å². The molecule has 0 bridgehead atoms. The number of nitrogens with zero attached hydrogens (tertiary/aromatic N) is 2. The summed E-state index contributed by atoms with van der Waals surface area (Å²) in [6.07, 6.45) is 0. The largest absolute Gasteiger partial charge is 0.383 e. The topological polar surface area (TPSA) is 51.0 Å². The van der Waals surface area contributed by atoms with Gasteiger partial charge in [-0.2, -0.15) is 0 Å². The second-order valence-corrected chi connectivity index (χ2v) is 3.53. The molecule has 68 valence electrons. The molecule has 0 saturated carbocycles. The highest BCUT2D eigenvalue weighted by molar-refractivity contribution is 9.10. The van der Waals surface area contributed by atoms with Crippen molar-refractivity contribution in [3.05, 3.63) is 16.6 Å². The van der Waals surface area contributed by atoms with Gasteiger partial charge in [0.15, 0.2) is 5.52 Å². The van der Waals surface area contributed by atoms with Crippen LogP contribution in [0.5, 0.6) is 0 Å². The van der Waals surface area contributed by atoms with Crippen LogP contribution in [0.15, 0.2) is 21.2 Å². The zero-order valence-electron chi connectivity index (χ0n) is 7.04. The zero-order chi connectivity index (χ0) is 9.26. The highest BCUT2D eigenvalue weighted by Gasteiger charge is 2.06. The minimum Gasteiger partial charge on any atom is -0.383 e. The van der Waals surface area contributed by atoms with Crippen LogP contribution in [-0.2, 0) is 0 Å². The van der Waals surface area contributed by atoms with E-state index in [2.05, 4.69) is 36.2 Å². The van der Waals surface area contributed by atoms with E-state index in [1.54, 1.807) is 0 Å². The number of aromatic nitrogens is 2. The van der Waals surface area contributed by atoms with Crippen LogP contribution in [0, 0.1) is 0 Å². The van der Waals surface area contributed by atoms with Crippen LogP contribution in [0.2, 0.25) is 0 Å². The predicted octanol–water partition coefficient (Wildman–Crippen LogP) is 2.42. The van der Waals surface area contributed by atoms with E-state index in [0.29, 0.717) is 0 Å². The van der Waals surface area contributed by atoms with Crippen molar-refractivity contribution in [2.45, 2.75) is 6.92 Å². The Morgan fingerprint density at radius 3 is 3.08 bits per heavy atom. The van der Waals surface area contributed by atoms with Gasteiger partial charge in [0.25, 0.3) is 0 Å². The van der Waals surface area contributed by atoms with Gasteiger partial charge in [-0.3, -0.25) is 0 Å². The lowest BCUT2D eigenvalue weighted by molar-refractivity contribution is 0.315. The lowest BCUT2D eigenvalue weighted by Gasteiger charge is -2.02. The molecule has 0 saturated heterocycles. The van der Waals surface area contributed by atoms with Gasteiger partial charge in [0, 0.05) is 11.0 Å². The maximum absolute atomic E-state index is 4.65. The minimum atomic E-state index is 0.755. The summed E-state index contributed by atoms with van der Waals surface area (Å²) >= 11 is 3.39. The SMILES string of the molecule is CCNc1cc(Br)cc2nonc12. The van der Waals surface area contributed by atoms with E-state index < -0.39 is 0 Å². The first-order valence-corrected chi connectivity index (χ1v) is 4.76. The van der Waals surface area contributed by atoms with Crippen molar-refractivity contribution < 1.29 is 4.63 Å². The number of hydrogen-bond acceptors (Lipinski definition) is 4. The van der Waals surface area contributed by atoms with E-state index in [9.17, 15) is 0 Å². The van der Waals surface area contributed by atoms with E-state index in [-0.39, 0.29) is 0 Å². The number of rotatable bonds is 2. The number of hydrogen-bond donors (Lipinski definition) is 1. The molecule has 0 aliphatic carbocycles. The Morgan fingerprint density at radius 2 is 2.31 bits per heavy atom. The molecule has 0 spiro atoms. The minimum absolute atomic E-state index is 0.755. The van der Waals surface area contributed by atoms with Crippen molar-refractivity contribution >= 4 is 32.7 Å². The predicted molar refractivity (Wildman–Crippen MR) is 53.7 cm³/mol. The zero-order valence-corrected chi connectivity index (χ0v) is 8.63. The van der Waals surface area contributed by atoms with Crippen LogP contribution < -0.4 is 5.32 Å². The lowest BCUT2D eigenvalue weighted by atomic mass is 10.2. The molecule has 2 rings (SSSR count). The van der Waals surface area contributed by atoms with E-state index in [4.69, 9.17) is 0 Å². The number of anilines is 1. The first-order chi connectivity index (χ1) is 6.31. The molecule has 2 aromatic rings. The molecular weight excluding hydrogens is 234 g/mol. The average Bonchev–Trinajstić information content (AvgIpc) is 2.52. The first-order valence-electron chi connectivity index (χ1n) is 3.97. The maximum atomic E-state index is 4.65. The number of fused-ring (bicyclic) bond motifs is 1. The molecule has 5 heteroatoms. The molecule has 1 aromatic heterocycles. The standard InChI is InChI=1S/C8H8BrN3O/c1-2-10-6-3-5(9)4-7-8(6)12-13-11-7/h3-4,10H,2H2,1H3. The van der Waals surface area contributed by atoms with Crippen LogP contribution in [0.25, 0.3) is 11.0 Å². The Labute approximate surface area is 83.4 Å². The summed E-state index contributed by atoms with van der Waals surface area (Å²) in [7, 11) is 0. The lowest BCUT2D eigenvalue weighted by Crippen LogP contribution is -1.97. The molecule has 0 aliphatic heterocycles. The van der Waals surface area contributed by atoms with Crippen LogP contribution in [-0.4, -0.2) is 16.9 Å². The van der Waals surface area contributed by atoms with E-state index >= 15 is 0 Å². The van der Waals surface area contributed by atoms with Crippen molar-refractivity contribution in [3.8, 4) is 0 Å². The van der Waals surface area contributed by atoms with Crippen molar-refractivity contribution in [2.24, 2.45) is 0 Å². The van der Waals surface area contributed by atoms with Crippen molar-refractivity contribution in [1.29, 1.82) is 0 Å². The van der Waals surface area contributed by atoms with Crippen molar-refractivity contribution in [3.63, 3.8) is 0 Å². The first kappa shape index (κ1) is 8.50. The average molecular weight is 242 g/mol. The number of benzene rings is 1. The molecule has 0 unspecified atom stereocenters. The van der Waals surface area contributed by atoms with Gasteiger partial charge in [0.1, 0.15) is 5.52 Å². The summed E-state index contributed by atoms with van der Waals surface area (Å²) in [5.74, 6) is 0. The maximum Gasteiger partial charge on any atom is 0.158 e. The second kappa shape index (κ2) is 3.33. The molecule has 13 heavy (non-hydrogen) atoms. The summed E-state index contributed by atoms with van der Waals surface area (Å²) < 4.78 is 5.61. The third-order valence-electron chi connectivity index (χ3n) is 1.69. The van der Waals surface area contributed by atoms with Crippen LogP contribution in [0.3, 0.4) is 0 Å². The van der Waals surface area contributed by atoms with Gasteiger partial charge in [-0.15, -0.1) is 0 Å². The monoisotopic (exact) mass is 241 g/mol. The van der Waals surface area contributed by atoms with Crippen molar-refractivity contribution in [1.82, 2.24) is 10.3 Å². The molecule has 4 nitrogen and oxygen atoms in total. The van der Waals surface area contributed by atoms with Crippen molar-refractivity contribution in [2.75, 3.05) is 11.9 Å². The van der Waals surface area contributed by atoms with Crippen LogP contribution in [0.4, 0.5) is 5.69 Å². The molecule has 0 fully saturated rings. The Hall–Kier alpha value is -1.10. The summed E-state index contributed by atoms with van der Waals surface area (Å²) in [5, 5.41) is 10.8. The molecule has 0 aliphatic rings. The molecular formula is C8H8BrN3O. The summed E-state index contributed by atoms with van der Waals surface area (Å²) in [6.45, 7) is 2.87. The third-order valence-corrected chi connectivity index (χ3v) is 2.15. The quantitative estimate of drug-likeness (QED) is 0.878. The van der Waals surface area contributed by atoms with Gasteiger partial charge in [0.2, 0.25) is 0 Å². The fourth-order valence-corrected chi connectivity index (χ4v) is 1.63. The summed E-state index contributed by atoms with van der Waals surface area (Å²) in [5.41, 5.74) is 2.46. The van der Waals surface area contributed by atoms with Gasteiger partial charge < -0.3 is 5.32 Å². The molecule has 1 N–H and O–H groups in total. The molecule has 0 amide bonds. The molecule has 1 aromatic carbocycles. The van der Waals surface area contributed by atoms with Gasteiger partial charge >= 0.3 is 0 Å². The van der Waals surface area contributed by atoms with Gasteiger partial charge in [-0.25, -0.2) is 4.63 Å². The van der Waals surface area contributed by atoms with Gasteiger partial charge in [-0.1, -0.05) is 15.9 Å².